The smallest absolute Gasteiger partial charge is 0.272 e. The van der Waals surface area contributed by atoms with Crippen molar-refractivity contribution in [1.82, 2.24) is 14.7 Å². The van der Waals surface area contributed by atoms with Gasteiger partial charge in [-0.1, -0.05) is 0 Å². The van der Waals surface area contributed by atoms with Gasteiger partial charge in [-0.3, -0.25) is 9.48 Å². The molecule has 20 heavy (non-hydrogen) atoms. The van der Waals surface area contributed by atoms with E-state index in [4.69, 9.17) is 9.47 Å². The molecule has 0 aromatic carbocycles. The summed E-state index contributed by atoms with van der Waals surface area (Å²) in [5.74, 6) is -0.550. The first-order chi connectivity index (χ1) is 9.63. The molecule has 1 amide bonds. The van der Waals surface area contributed by atoms with Gasteiger partial charge in [0.1, 0.15) is 5.69 Å². The molecule has 0 bridgehead atoms. The molecule has 0 atom stereocenters. The standard InChI is InChI=1S/C14H21N3O3/c1-3-17-12(9-11(2)15-17)13(18)16-6-4-5-14(10-16)19-7-8-20-14/h9H,3-8,10H2,1-2H3. The highest BCUT2D eigenvalue weighted by atomic mass is 16.7. The minimum absolute atomic E-state index is 0.0191. The number of aryl methyl sites for hydroxylation is 2. The van der Waals surface area contributed by atoms with Gasteiger partial charge in [-0.2, -0.15) is 5.10 Å². The van der Waals surface area contributed by atoms with Gasteiger partial charge in [-0.15, -0.1) is 0 Å². The molecule has 6 heteroatoms. The number of rotatable bonds is 2. The van der Waals surface area contributed by atoms with Crippen LogP contribution in [0.5, 0.6) is 0 Å². The number of likely N-dealkylation sites (tertiary alicyclic amines) is 1. The van der Waals surface area contributed by atoms with Crippen LogP contribution < -0.4 is 0 Å². The summed E-state index contributed by atoms with van der Waals surface area (Å²) in [6, 6.07) is 1.85. The summed E-state index contributed by atoms with van der Waals surface area (Å²) in [5, 5.41) is 4.34. The number of nitrogens with zero attached hydrogens (tertiary/aromatic N) is 3. The maximum absolute atomic E-state index is 12.7. The quantitative estimate of drug-likeness (QED) is 0.816. The van der Waals surface area contributed by atoms with Crippen molar-refractivity contribution in [1.29, 1.82) is 0 Å². The van der Waals surface area contributed by atoms with Gasteiger partial charge in [0.05, 0.1) is 25.5 Å². The molecule has 110 valence electrons. The molecule has 0 radical (unpaired) electrons. The molecule has 3 rings (SSSR count). The second-order valence-electron chi connectivity index (χ2n) is 5.42. The second-order valence-corrected chi connectivity index (χ2v) is 5.42. The SMILES string of the molecule is CCn1nc(C)cc1C(=O)N1CCCC2(C1)OCCO2. The number of carbonyl (C=O) groups excluding carboxylic acids is 1. The number of piperidine rings is 1. The van der Waals surface area contributed by atoms with E-state index < -0.39 is 5.79 Å². The molecular formula is C14H21N3O3. The molecule has 1 aromatic rings. The van der Waals surface area contributed by atoms with Crippen molar-refractivity contribution in [3.63, 3.8) is 0 Å². The fourth-order valence-corrected chi connectivity index (χ4v) is 3.01. The van der Waals surface area contributed by atoms with Crippen molar-refractivity contribution in [2.45, 2.75) is 39.0 Å². The molecule has 2 aliphatic heterocycles. The summed E-state index contributed by atoms with van der Waals surface area (Å²) in [6.07, 6.45) is 1.77. The van der Waals surface area contributed by atoms with Gasteiger partial charge < -0.3 is 14.4 Å². The van der Waals surface area contributed by atoms with Gasteiger partial charge in [0.2, 0.25) is 0 Å². The zero-order valence-electron chi connectivity index (χ0n) is 12.1. The van der Waals surface area contributed by atoms with Gasteiger partial charge in [0.15, 0.2) is 5.79 Å². The predicted molar refractivity (Wildman–Crippen MR) is 72.4 cm³/mol. The highest BCUT2D eigenvalue weighted by Crippen LogP contribution is 2.30. The Bertz CT molecular complexity index is 506. The number of ether oxygens (including phenoxy) is 2. The van der Waals surface area contributed by atoms with E-state index in [0.717, 1.165) is 25.1 Å². The fourth-order valence-electron chi connectivity index (χ4n) is 3.01. The summed E-state index contributed by atoms with van der Waals surface area (Å²) in [6.45, 7) is 7.10. The molecule has 1 aromatic heterocycles. The van der Waals surface area contributed by atoms with Crippen LogP contribution in [0.1, 0.15) is 35.9 Å². The molecular weight excluding hydrogens is 258 g/mol. The zero-order valence-corrected chi connectivity index (χ0v) is 12.1. The van der Waals surface area contributed by atoms with Crippen molar-refractivity contribution in [2.75, 3.05) is 26.3 Å². The monoisotopic (exact) mass is 279 g/mol. The molecule has 0 unspecified atom stereocenters. The normalized spacial score (nSPS) is 21.6. The molecule has 6 nitrogen and oxygen atoms in total. The van der Waals surface area contributed by atoms with Crippen LogP contribution in [0.15, 0.2) is 6.07 Å². The Balaban J connectivity index is 1.79. The number of hydrogen-bond acceptors (Lipinski definition) is 4. The molecule has 0 aliphatic carbocycles. The van der Waals surface area contributed by atoms with Gasteiger partial charge in [-0.05, 0) is 26.3 Å². The molecule has 2 saturated heterocycles. The van der Waals surface area contributed by atoms with E-state index in [9.17, 15) is 4.79 Å². The number of amides is 1. The van der Waals surface area contributed by atoms with Crippen LogP contribution in [0.3, 0.4) is 0 Å². The van der Waals surface area contributed by atoms with E-state index in [2.05, 4.69) is 5.10 Å². The van der Waals surface area contributed by atoms with Crippen LogP contribution in [0.25, 0.3) is 0 Å². The Labute approximate surface area is 118 Å². The van der Waals surface area contributed by atoms with Crippen LogP contribution in [0.2, 0.25) is 0 Å². The molecule has 0 N–H and O–H groups in total. The summed E-state index contributed by atoms with van der Waals surface area (Å²) < 4.78 is 13.2. The first kappa shape index (κ1) is 13.6. The molecule has 3 heterocycles. The van der Waals surface area contributed by atoms with Crippen molar-refractivity contribution in [2.24, 2.45) is 0 Å². The van der Waals surface area contributed by atoms with Crippen molar-refractivity contribution >= 4 is 5.91 Å². The van der Waals surface area contributed by atoms with Crippen molar-refractivity contribution < 1.29 is 14.3 Å². The Morgan fingerprint density at radius 1 is 1.45 bits per heavy atom. The third-order valence-corrected chi connectivity index (χ3v) is 3.94. The lowest BCUT2D eigenvalue weighted by atomic mass is 10.0. The molecule has 1 spiro atoms. The first-order valence-corrected chi connectivity index (χ1v) is 7.25. The van der Waals surface area contributed by atoms with Crippen LogP contribution >= 0.6 is 0 Å². The largest absolute Gasteiger partial charge is 0.346 e. The van der Waals surface area contributed by atoms with Crippen LogP contribution in [-0.4, -0.2) is 52.7 Å². The minimum atomic E-state index is -0.569. The molecule has 2 fully saturated rings. The van der Waals surface area contributed by atoms with E-state index in [1.54, 1.807) is 4.68 Å². The third-order valence-electron chi connectivity index (χ3n) is 3.94. The predicted octanol–water partition coefficient (Wildman–Crippen LogP) is 1.19. The lowest BCUT2D eigenvalue weighted by Gasteiger charge is -2.38. The number of carbonyl (C=O) groups is 1. The van der Waals surface area contributed by atoms with Crippen molar-refractivity contribution in [3.8, 4) is 0 Å². The first-order valence-electron chi connectivity index (χ1n) is 7.25. The second kappa shape index (κ2) is 5.18. The van der Waals surface area contributed by atoms with E-state index >= 15 is 0 Å². The van der Waals surface area contributed by atoms with Gasteiger partial charge in [0.25, 0.3) is 5.91 Å². The summed E-state index contributed by atoms with van der Waals surface area (Å²) in [7, 11) is 0. The maximum Gasteiger partial charge on any atom is 0.272 e. The third kappa shape index (κ3) is 2.33. The average molecular weight is 279 g/mol. The highest BCUT2D eigenvalue weighted by Gasteiger charge is 2.42. The van der Waals surface area contributed by atoms with E-state index in [-0.39, 0.29) is 5.91 Å². The zero-order chi connectivity index (χ0) is 14.2. The van der Waals surface area contributed by atoms with E-state index in [0.29, 0.717) is 32.0 Å². The topological polar surface area (TPSA) is 56.6 Å². The van der Waals surface area contributed by atoms with Crippen LogP contribution in [0, 0.1) is 6.92 Å². The summed E-state index contributed by atoms with van der Waals surface area (Å²) in [5.41, 5.74) is 1.52. The van der Waals surface area contributed by atoms with Gasteiger partial charge in [0, 0.05) is 19.5 Å². The Hall–Kier alpha value is -1.40. The summed E-state index contributed by atoms with van der Waals surface area (Å²) >= 11 is 0. The van der Waals surface area contributed by atoms with Gasteiger partial charge >= 0.3 is 0 Å². The Morgan fingerprint density at radius 3 is 2.90 bits per heavy atom. The van der Waals surface area contributed by atoms with E-state index in [1.165, 1.54) is 0 Å². The van der Waals surface area contributed by atoms with E-state index in [1.807, 2.05) is 24.8 Å². The number of hydrogen-bond donors (Lipinski definition) is 0. The molecule has 0 saturated carbocycles. The lowest BCUT2D eigenvalue weighted by molar-refractivity contribution is -0.183. The number of aromatic nitrogens is 2. The average Bonchev–Trinajstić information content (AvgIpc) is 3.05. The Morgan fingerprint density at radius 2 is 2.20 bits per heavy atom. The lowest BCUT2D eigenvalue weighted by Crippen LogP contribution is -2.51. The fraction of sp³-hybridized carbons (Fsp3) is 0.714. The van der Waals surface area contributed by atoms with Crippen LogP contribution in [0.4, 0.5) is 0 Å². The molecule has 2 aliphatic rings. The highest BCUT2D eigenvalue weighted by molar-refractivity contribution is 5.92. The summed E-state index contributed by atoms with van der Waals surface area (Å²) in [4.78, 5) is 14.5. The Kier molecular flexibility index (Phi) is 3.52. The maximum atomic E-state index is 12.7. The van der Waals surface area contributed by atoms with Crippen LogP contribution in [-0.2, 0) is 16.0 Å². The van der Waals surface area contributed by atoms with Gasteiger partial charge in [-0.25, -0.2) is 0 Å². The minimum Gasteiger partial charge on any atom is -0.346 e. The van der Waals surface area contributed by atoms with Crippen molar-refractivity contribution in [3.05, 3.63) is 17.5 Å².